The van der Waals surface area contributed by atoms with E-state index in [4.69, 9.17) is 9.47 Å². The number of benzene rings is 2. The molecule has 5 rings (SSSR count). The summed E-state index contributed by atoms with van der Waals surface area (Å²) in [7, 11) is 0. The van der Waals surface area contributed by atoms with Gasteiger partial charge in [-0.25, -0.2) is 0 Å². The van der Waals surface area contributed by atoms with Gasteiger partial charge in [0.15, 0.2) is 23.5 Å². The van der Waals surface area contributed by atoms with Gasteiger partial charge in [0.25, 0.3) is 0 Å². The zero-order valence-electron chi connectivity index (χ0n) is 11.4. The molecule has 0 radical (unpaired) electrons. The number of hydrogen-bond acceptors (Lipinski definition) is 6. The molecule has 22 heavy (non-hydrogen) atoms. The van der Waals surface area contributed by atoms with Crippen molar-refractivity contribution in [3.63, 3.8) is 0 Å². The monoisotopic (exact) mass is 293 g/mol. The number of para-hydroxylation sites is 1. The van der Waals surface area contributed by atoms with Gasteiger partial charge in [-0.05, 0) is 34.7 Å². The minimum atomic E-state index is -0.186. The van der Waals surface area contributed by atoms with Crippen LogP contribution in [0.25, 0.3) is 11.4 Å². The second-order valence-electron chi connectivity index (χ2n) is 5.15. The molecule has 0 spiro atoms. The summed E-state index contributed by atoms with van der Waals surface area (Å²) in [5, 5.41) is 15.6. The van der Waals surface area contributed by atoms with Crippen molar-refractivity contribution < 1.29 is 9.47 Å². The van der Waals surface area contributed by atoms with E-state index in [0.29, 0.717) is 0 Å². The smallest absolute Gasteiger partial charge is 0.231 e. The van der Waals surface area contributed by atoms with E-state index in [1.165, 1.54) is 0 Å². The molecule has 0 fully saturated rings. The SMILES string of the molecule is c1ccc2c(c1)N[C@@H](c1ccc3c(c1)OCO3)n1nnnc1-2. The van der Waals surface area contributed by atoms with Crippen LogP contribution in [0.15, 0.2) is 42.5 Å². The molecule has 3 aromatic rings. The van der Waals surface area contributed by atoms with Gasteiger partial charge in [-0.3, -0.25) is 0 Å². The number of nitrogens with one attached hydrogen (secondary N) is 1. The predicted octanol–water partition coefficient (Wildman–Crippen LogP) is 2.04. The Balaban J connectivity index is 1.65. The van der Waals surface area contributed by atoms with Gasteiger partial charge in [0.1, 0.15) is 0 Å². The Morgan fingerprint density at radius 2 is 2.00 bits per heavy atom. The molecule has 0 aliphatic carbocycles. The largest absolute Gasteiger partial charge is 0.454 e. The number of anilines is 1. The minimum absolute atomic E-state index is 0.186. The lowest BCUT2D eigenvalue weighted by atomic mass is 10.1. The zero-order chi connectivity index (χ0) is 14.5. The highest BCUT2D eigenvalue weighted by atomic mass is 16.7. The molecule has 108 valence electrons. The molecule has 0 saturated heterocycles. The van der Waals surface area contributed by atoms with Crippen molar-refractivity contribution in [3.8, 4) is 22.9 Å². The molecule has 1 atom stereocenters. The van der Waals surface area contributed by atoms with E-state index in [1.54, 1.807) is 4.68 Å². The lowest BCUT2D eigenvalue weighted by molar-refractivity contribution is 0.174. The first-order valence-corrected chi connectivity index (χ1v) is 6.93. The van der Waals surface area contributed by atoms with Crippen LogP contribution in [-0.2, 0) is 0 Å². The van der Waals surface area contributed by atoms with Crippen LogP contribution in [0.4, 0.5) is 5.69 Å². The lowest BCUT2D eigenvalue weighted by Gasteiger charge is -2.27. The summed E-state index contributed by atoms with van der Waals surface area (Å²) in [6.07, 6.45) is -0.186. The molecule has 0 saturated carbocycles. The Morgan fingerprint density at radius 1 is 1.09 bits per heavy atom. The number of tetrazole rings is 1. The Bertz CT molecular complexity index is 876. The van der Waals surface area contributed by atoms with Crippen molar-refractivity contribution >= 4 is 5.69 Å². The highest BCUT2D eigenvalue weighted by Gasteiger charge is 2.28. The summed E-state index contributed by atoms with van der Waals surface area (Å²) in [6, 6.07) is 13.8. The summed E-state index contributed by atoms with van der Waals surface area (Å²) in [5.74, 6) is 2.25. The highest BCUT2D eigenvalue weighted by Crippen LogP contribution is 2.39. The third-order valence-electron chi connectivity index (χ3n) is 3.91. The van der Waals surface area contributed by atoms with E-state index in [0.717, 1.165) is 34.1 Å². The van der Waals surface area contributed by atoms with Crippen molar-refractivity contribution in [2.24, 2.45) is 0 Å². The third kappa shape index (κ3) is 1.53. The first-order chi connectivity index (χ1) is 10.9. The van der Waals surface area contributed by atoms with Crippen LogP contribution in [0.1, 0.15) is 11.7 Å². The van der Waals surface area contributed by atoms with Gasteiger partial charge in [0.2, 0.25) is 6.79 Å². The van der Waals surface area contributed by atoms with Gasteiger partial charge in [0.05, 0.1) is 0 Å². The Kier molecular flexibility index (Phi) is 2.21. The number of fused-ring (bicyclic) bond motifs is 4. The highest BCUT2D eigenvalue weighted by molar-refractivity contribution is 5.76. The van der Waals surface area contributed by atoms with Gasteiger partial charge in [-0.1, -0.05) is 18.2 Å². The van der Waals surface area contributed by atoms with Crippen LogP contribution in [0, 0.1) is 0 Å². The Hall–Kier alpha value is -3.09. The van der Waals surface area contributed by atoms with Crippen molar-refractivity contribution in [2.75, 3.05) is 12.1 Å². The summed E-state index contributed by atoms with van der Waals surface area (Å²) in [6.45, 7) is 0.260. The predicted molar refractivity (Wildman–Crippen MR) is 77.6 cm³/mol. The Labute approximate surface area is 125 Å². The fourth-order valence-electron chi connectivity index (χ4n) is 2.86. The molecular weight excluding hydrogens is 282 g/mol. The van der Waals surface area contributed by atoms with Crippen molar-refractivity contribution in [1.82, 2.24) is 20.2 Å². The van der Waals surface area contributed by atoms with E-state index < -0.39 is 0 Å². The number of ether oxygens (including phenoxy) is 2. The molecule has 1 aromatic heterocycles. The quantitative estimate of drug-likeness (QED) is 0.740. The first kappa shape index (κ1) is 11.6. The van der Waals surface area contributed by atoms with Crippen molar-refractivity contribution in [1.29, 1.82) is 0 Å². The molecule has 1 N–H and O–H groups in total. The number of nitrogens with zero attached hydrogens (tertiary/aromatic N) is 4. The normalized spacial score (nSPS) is 17.5. The van der Waals surface area contributed by atoms with Crippen molar-refractivity contribution in [2.45, 2.75) is 6.17 Å². The molecule has 0 unspecified atom stereocenters. The fraction of sp³-hybridized carbons (Fsp3) is 0.133. The van der Waals surface area contributed by atoms with Crippen LogP contribution in [-0.4, -0.2) is 27.0 Å². The average molecular weight is 293 g/mol. The van der Waals surface area contributed by atoms with Crippen molar-refractivity contribution in [3.05, 3.63) is 48.0 Å². The zero-order valence-corrected chi connectivity index (χ0v) is 11.4. The Morgan fingerprint density at radius 3 is 3.00 bits per heavy atom. The number of rotatable bonds is 1. The van der Waals surface area contributed by atoms with Gasteiger partial charge in [-0.2, -0.15) is 4.68 Å². The summed E-state index contributed by atoms with van der Waals surface area (Å²) in [4.78, 5) is 0. The maximum atomic E-state index is 5.46. The van der Waals surface area contributed by atoms with Crippen LogP contribution in [0.5, 0.6) is 11.5 Å². The molecule has 2 aliphatic heterocycles. The maximum Gasteiger partial charge on any atom is 0.231 e. The lowest BCUT2D eigenvalue weighted by Crippen LogP contribution is -2.25. The molecule has 2 aromatic carbocycles. The molecule has 0 bridgehead atoms. The molecule has 7 nitrogen and oxygen atoms in total. The topological polar surface area (TPSA) is 74.1 Å². The molecule has 0 amide bonds. The molecule has 2 aliphatic rings. The summed E-state index contributed by atoms with van der Waals surface area (Å²) >= 11 is 0. The average Bonchev–Trinajstić information content (AvgIpc) is 3.22. The van der Waals surface area contributed by atoms with E-state index >= 15 is 0 Å². The van der Waals surface area contributed by atoms with E-state index in [9.17, 15) is 0 Å². The molecule has 3 heterocycles. The standard InChI is InChI=1S/C15H11N5O2/c1-2-4-11-10(3-1)15-17-18-19-20(15)14(16-11)9-5-6-12-13(7-9)22-8-21-12/h1-7,14,16H,8H2/t14-/m1/s1. The van der Waals surface area contributed by atoms with Crippen LogP contribution < -0.4 is 14.8 Å². The third-order valence-corrected chi connectivity index (χ3v) is 3.91. The van der Waals surface area contributed by atoms with Gasteiger partial charge in [-0.15, -0.1) is 5.10 Å². The second kappa shape index (κ2) is 4.20. The number of hydrogen-bond donors (Lipinski definition) is 1. The summed E-state index contributed by atoms with van der Waals surface area (Å²) < 4.78 is 12.6. The van der Waals surface area contributed by atoms with E-state index in [-0.39, 0.29) is 13.0 Å². The van der Waals surface area contributed by atoms with Crippen LogP contribution >= 0.6 is 0 Å². The van der Waals surface area contributed by atoms with Gasteiger partial charge < -0.3 is 14.8 Å². The molecule has 7 heteroatoms. The number of aromatic nitrogens is 4. The van der Waals surface area contributed by atoms with Gasteiger partial charge >= 0.3 is 0 Å². The summed E-state index contributed by atoms with van der Waals surface area (Å²) in [5.41, 5.74) is 3.00. The maximum absolute atomic E-state index is 5.46. The van der Waals surface area contributed by atoms with Crippen LogP contribution in [0.2, 0.25) is 0 Å². The van der Waals surface area contributed by atoms with Gasteiger partial charge in [0, 0.05) is 16.8 Å². The van der Waals surface area contributed by atoms with E-state index in [1.807, 2.05) is 42.5 Å². The molecular formula is C15H11N5O2. The first-order valence-electron chi connectivity index (χ1n) is 6.93. The minimum Gasteiger partial charge on any atom is -0.454 e. The second-order valence-corrected chi connectivity index (χ2v) is 5.15. The van der Waals surface area contributed by atoms with E-state index in [2.05, 4.69) is 20.8 Å². The fourth-order valence-corrected chi connectivity index (χ4v) is 2.86. The van der Waals surface area contributed by atoms with Crippen LogP contribution in [0.3, 0.4) is 0 Å².